The van der Waals surface area contributed by atoms with Gasteiger partial charge in [0.15, 0.2) is 0 Å². The molecular formula is C14H16N4. The molecule has 4 nitrogen and oxygen atoms in total. The Hall–Kier alpha value is -1.94. The van der Waals surface area contributed by atoms with Crippen molar-refractivity contribution in [3.05, 3.63) is 42.9 Å². The van der Waals surface area contributed by atoms with E-state index in [4.69, 9.17) is 0 Å². The van der Waals surface area contributed by atoms with E-state index in [9.17, 15) is 0 Å². The van der Waals surface area contributed by atoms with Gasteiger partial charge in [0.1, 0.15) is 6.33 Å². The zero-order valence-electron chi connectivity index (χ0n) is 10.2. The van der Waals surface area contributed by atoms with Crippen LogP contribution in [0.5, 0.6) is 0 Å². The van der Waals surface area contributed by atoms with Crippen molar-refractivity contribution >= 4 is 5.69 Å². The zero-order chi connectivity index (χ0) is 12.2. The molecule has 3 rings (SSSR count). The van der Waals surface area contributed by atoms with Crippen LogP contribution in [-0.2, 0) is 0 Å². The molecule has 0 radical (unpaired) electrons. The molecule has 0 bridgehead atoms. The third-order valence-corrected chi connectivity index (χ3v) is 3.23. The fraction of sp³-hybridized carbons (Fsp3) is 0.286. The third-order valence-electron chi connectivity index (χ3n) is 3.23. The maximum atomic E-state index is 4.26. The van der Waals surface area contributed by atoms with Crippen LogP contribution < -0.4 is 10.2 Å². The first-order valence-electron chi connectivity index (χ1n) is 6.25. The number of rotatable bonds is 2. The summed E-state index contributed by atoms with van der Waals surface area (Å²) in [7, 11) is 0. The van der Waals surface area contributed by atoms with E-state index in [1.165, 1.54) is 5.69 Å². The number of hydrogen-bond donors (Lipinski definition) is 1. The van der Waals surface area contributed by atoms with Gasteiger partial charge in [-0.1, -0.05) is 12.1 Å². The van der Waals surface area contributed by atoms with Gasteiger partial charge < -0.3 is 10.2 Å². The molecule has 2 heterocycles. The molecule has 1 saturated heterocycles. The molecule has 0 spiro atoms. The Bertz CT molecular complexity index is 489. The highest BCUT2D eigenvalue weighted by molar-refractivity contribution is 5.62. The predicted molar refractivity (Wildman–Crippen MR) is 72.6 cm³/mol. The molecular weight excluding hydrogens is 224 g/mol. The summed E-state index contributed by atoms with van der Waals surface area (Å²) in [6.07, 6.45) is 3.35. The van der Waals surface area contributed by atoms with E-state index in [2.05, 4.69) is 44.5 Å². The Morgan fingerprint density at radius 2 is 1.78 bits per heavy atom. The van der Waals surface area contributed by atoms with Crippen molar-refractivity contribution < 1.29 is 0 Å². The van der Waals surface area contributed by atoms with Crippen molar-refractivity contribution in [2.24, 2.45) is 0 Å². The second kappa shape index (κ2) is 5.14. The first kappa shape index (κ1) is 11.2. The minimum atomic E-state index is 0.969. The van der Waals surface area contributed by atoms with Crippen molar-refractivity contribution in [1.82, 2.24) is 15.3 Å². The van der Waals surface area contributed by atoms with Crippen molar-refractivity contribution in [1.29, 1.82) is 0 Å². The average molecular weight is 240 g/mol. The normalized spacial score (nSPS) is 15.7. The molecule has 0 amide bonds. The number of nitrogens with zero attached hydrogens (tertiary/aromatic N) is 3. The van der Waals surface area contributed by atoms with Gasteiger partial charge in [0.05, 0.1) is 5.69 Å². The molecule has 1 fully saturated rings. The van der Waals surface area contributed by atoms with E-state index >= 15 is 0 Å². The topological polar surface area (TPSA) is 41.0 Å². The van der Waals surface area contributed by atoms with Gasteiger partial charge in [0.2, 0.25) is 0 Å². The van der Waals surface area contributed by atoms with Crippen LogP contribution in [-0.4, -0.2) is 36.1 Å². The summed E-state index contributed by atoms with van der Waals surface area (Å²) < 4.78 is 0. The second-order valence-corrected chi connectivity index (χ2v) is 4.38. The lowest BCUT2D eigenvalue weighted by atomic mass is 10.1. The number of benzene rings is 1. The van der Waals surface area contributed by atoms with E-state index in [-0.39, 0.29) is 0 Å². The summed E-state index contributed by atoms with van der Waals surface area (Å²) in [5.74, 6) is 0. The number of hydrogen-bond acceptors (Lipinski definition) is 4. The van der Waals surface area contributed by atoms with Crippen molar-refractivity contribution in [2.45, 2.75) is 0 Å². The molecule has 4 heteroatoms. The van der Waals surface area contributed by atoms with Crippen LogP contribution in [0.25, 0.3) is 11.3 Å². The number of anilines is 1. The Kier molecular flexibility index (Phi) is 3.19. The second-order valence-electron chi connectivity index (χ2n) is 4.38. The molecule has 92 valence electrons. The van der Waals surface area contributed by atoms with Gasteiger partial charge in [-0.25, -0.2) is 9.97 Å². The molecule has 0 saturated carbocycles. The van der Waals surface area contributed by atoms with E-state index < -0.39 is 0 Å². The van der Waals surface area contributed by atoms with Crippen LogP contribution in [0.1, 0.15) is 0 Å². The summed E-state index contributed by atoms with van der Waals surface area (Å²) in [5.41, 5.74) is 3.39. The third kappa shape index (κ3) is 2.33. The quantitative estimate of drug-likeness (QED) is 0.864. The van der Waals surface area contributed by atoms with Crippen LogP contribution in [0.3, 0.4) is 0 Å². The number of nitrogens with one attached hydrogen (secondary N) is 1. The highest BCUT2D eigenvalue weighted by atomic mass is 15.2. The molecule has 1 aliphatic heterocycles. The maximum absolute atomic E-state index is 4.26. The lowest BCUT2D eigenvalue weighted by Crippen LogP contribution is -2.43. The van der Waals surface area contributed by atoms with Gasteiger partial charge in [-0.2, -0.15) is 0 Å². The van der Waals surface area contributed by atoms with Crippen molar-refractivity contribution in [2.75, 3.05) is 31.1 Å². The van der Waals surface area contributed by atoms with Crippen LogP contribution >= 0.6 is 0 Å². The molecule has 1 aromatic carbocycles. The molecule has 1 N–H and O–H groups in total. The zero-order valence-corrected chi connectivity index (χ0v) is 10.2. The molecule has 1 aliphatic rings. The summed E-state index contributed by atoms with van der Waals surface area (Å²) in [5, 5.41) is 3.36. The number of aromatic nitrogens is 2. The Morgan fingerprint density at radius 1 is 1.00 bits per heavy atom. The van der Waals surface area contributed by atoms with E-state index in [1.807, 2.05) is 6.07 Å². The first-order chi connectivity index (χ1) is 8.93. The summed E-state index contributed by atoms with van der Waals surface area (Å²) in [4.78, 5) is 10.6. The van der Waals surface area contributed by atoms with Gasteiger partial charge >= 0.3 is 0 Å². The Morgan fingerprint density at radius 3 is 2.44 bits per heavy atom. The van der Waals surface area contributed by atoms with Gasteiger partial charge in [-0.15, -0.1) is 0 Å². The Balaban J connectivity index is 1.80. The Labute approximate surface area is 107 Å². The summed E-state index contributed by atoms with van der Waals surface area (Å²) >= 11 is 0. The largest absolute Gasteiger partial charge is 0.369 e. The van der Waals surface area contributed by atoms with E-state index in [1.54, 1.807) is 12.5 Å². The average Bonchev–Trinajstić information content (AvgIpc) is 2.49. The van der Waals surface area contributed by atoms with E-state index in [0.29, 0.717) is 0 Å². The monoisotopic (exact) mass is 240 g/mol. The molecule has 0 atom stereocenters. The first-order valence-corrected chi connectivity index (χ1v) is 6.25. The molecule has 0 unspecified atom stereocenters. The minimum absolute atomic E-state index is 0.969. The highest BCUT2D eigenvalue weighted by Gasteiger charge is 2.10. The fourth-order valence-electron chi connectivity index (χ4n) is 2.23. The lowest BCUT2D eigenvalue weighted by molar-refractivity contribution is 0.589. The molecule has 1 aromatic heterocycles. The fourth-order valence-corrected chi connectivity index (χ4v) is 2.23. The van der Waals surface area contributed by atoms with E-state index in [0.717, 1.165) is 37.4 Å². The van der Waals surface area contributed by atoms with Crippen LogP contribution in [0, 0.1) is 0 Å². The van der Waals surface area contributed by atoms with Crippen molar-refractivity contribution in [3.8, 4) is 11.3 Å². The van der Waals surface area contributed by atoms with Crippen LogP contribution in [0.15, 0.2) is 42.9 Å². The lowest BCUT2D eigenvalue weighted by Gasteiger charge is -2.29. The standard InChI is InChI=1S/C14H16N4/c1-3-13(18-9-7-15-8-10-18)4-2-12(1)14-5-6-16-11-17-14/h1-6,11,15H,7-10H2. The number of piperazine rings is 1. The summed E-state index contributed by atoms with van der Waals surface area (Å²) in [6, 6.07) is 10.5. The van der Waals surface area contributed by atoms with Gasteiger partial charge in [0.25, 0.3) is 0 Å². The smallest absolute Gasteiger partial charge is 0.116 e. The highest BCUT2D eigenvalue weighted by Crippen LogP contribution is 2.21. The van der Waals surface area contributed by atoms with Gasteiger partial charge in [-0.05, 0) is 18.2 Å². The van der Waals surface area contributed by atoms with Crippen LogP contribution in [0.2, 0.25) is 0 Å². The predicted octanol–water partition coefficient (Wildman–Crippen LogP) is 1.55. The van der Waals surface area contributed by atoms with Gasteiger partial charge in [0, 0.05) is 43.6 Å². The minimum Gasteiger partial charge on any atom is -0.369 e. The molecule has 2 aromatic rings. The maximum Gasteiger partial charge on any atom is 0.116 e. The molecule has 0 aliphatic carbocycles. The van der Waals surface area contributed by atoms with Crippen molar-refractivity contribution in [3.63, 3.8) is 0 Å². The van der Waals surface area contributed by atoms with Crippen LogP contribution in [0.4, 0.5) is 5.69 Å². The van der Waals surface area contributed by atoms with Gasteiger partial charge in [-0.3, -0.25) is 0 Å². The SMILES string of the molecule is c1cc(-c2ccc(N3CCNCC3)cc2)ncn1. The molecule has 18 heavy (non-hydrogen) atoms. The summed E-state index contributed by atoms with van der Waals surface area (Å²) in [6.45, 7) is 4.28.